The molecule has 0 amide bonds. The molecule has 6 heteroatoms. The molecule has 28 heavy (non-hydrogen) atoms. The molecule has 0 saturated carbocycles. The first kappa shape index (κ1) is 20.3. The zero-order valence-corrected chi connectivity index (χ0v) is 17.2. The molecule has 150 valence electrons. The van der Waals surface area contributed by atoms with Crippen LogP contribution in [0.2, 0.25) is 0 Å². The molecule has 3 aromatic rings. The lowest BCUT2D eigenvalue weighted by atomic mass is 9.95. The van der Waals surface area contributed by atoms with E-state index >= 15 is 0 Å². The fourth-order valence-corrected chi connectivity index (χ4v) is 3.66. The van der Waals surface area contributed by atoms with Crippen molar-refractivity contribution in [2.45, 2.75) is 71.8 Å². The molecule has 0 aliphatic rings. The highest BCUT2D eigenvalue weighted by molar-refractivity contribution is 5.50. The number of unbranched alkanes of at least 4 members (excludes halogenated alkanes) is 2. The third-order valence-electron chi connectivity index (χ3n) is 5.27. The fraction of sp³-hybridized carbons (Fsp3) is 0.500. The predicted molar refractivity (Wildman–Crippen MR) is 111 cm³/mol. The lowest BCUT2D eigenvalue weighted by molar-refractivity contribution is 0.151. The summed E-state index contributed by atoms with van der Waals surface area (Å²) < 4.78 is 1.65. The van der Waals surface area contributed by atoms with E-state index < -0.39 is 6.10 Å². The van der Waals surface area contributed by atoms with Gasteiger partial charge in [-0.15, -0.1) is 0 Å². The van der Waals surface area contributed by atoms with Crippen molar-refractivity contribution in [2.75, 3.05) is 0 Å². The van der Waals surface area contributed by atoms with Crippen LogP contribution in [0.15, 0.2) is 29.1 Å². The van der Waals surface area contributed by atoms with E-state index in [9.17, 15) is 9.90 Å². The Balaban J connectivity index is 2.02. The predicted octanol–water partition coefficient (Wildman–Crippen LogP) is 3.67. The van der Waals surface area contributed by atoms with Gasteiger partial charge < -0.3 is 10.1 Å². The fourth-order valence-electron chi connectivity index (χ4n) is 3.66. The molecule has 2 aromatic heterocycles. The second kappa shape index (κ2) is 8.69. The molecular formula is C22H30N4O2. The van der Waals surface area contributed by atoms with Crippen LogP contribution < -0.4 is 5.56 Å². The zero-order valence-electron chi connectivity index (χ0n) is 17.2. The minimum Gasteiger partial charge on any atom is -0.393 e. The Labute approximate surface area is 165 Å². The Morgan fingerprint density at radius 1 is 1.18 bits per heavy atom. The van der Waals surface area contributed by atoms with Crippen molar-refractivity contribution >= 4 is 5.52 Å². The average molecular weight is 383 g/mol. The second-order valence-corrected chi connectivity index (χ2v) is 7.72. The molecule has 0 aliphatic carbocycles. The minimum atomic E-state index is -0.552. The molecular weight excluding hydrogens is 352 g/mol. The Hall–Kier alpha value is -2.47. The monoisotopic (exact) mass is 382 g/mol. The molecule has 0 fully saturated rings. The summed E-state index contributed by atoms with van der Waals surface area (Å²) in [5.41, 5.74) is 3.20. The van der Waals surface area contributed by atoms with E-state index in [0.717, 1.165) is 31.2 Å². The van der Waals surface area contributed by atoms with Crippen molar-refractivity contribution in [3.8, 4) is 0 Å². The van der Waals surface area contributed by atoms with Gasteiger partial charge in [0.1, 0.15) is 11.6 Å². The molecule has 2 N–H and O–H groups in total. The minimum absolute atomic E-state index is 0.144. The van der Waals surface area contributed by atoms with Crippen molar-refractivity contribution in [1.82, 2.24) is 19.6 Å². The molecule has 2 unspecified atom stereocenters. The largest absolute Gasteiger partial charge is 0.393 e. The van der Waals surface area contributed by atoms with Gasteiger partial charge in [0, 0.05) is 12.3 Å². The van der Waals surface area contributed by atoms with Gasteiger partial charge in [-0.25, -0.2) is 9.50 Å². The molecule has 2 atom stereocenters. The van der Waals surface area contributed by atoms with Crippen molar-refractivity contribution in [3.63, 3.8) is 0 Å². The van der Waals surface area contributed by atoms with Crippen LogP contribution in [0.5, 0.6) is 0 Å². The number of nitrogens with zero attached hydrogens (tertiary/aromatic N) is 3. The Kier molecular flexibility index (Phi) is 6.29. The summed E-state index contributed by atoms with van der Waals surface area (Å²) in [4.78, 5) is 20.2. The molecule has 0 aliphatic heterocycles. The van der Waals surface area contributed by atoms with Crippen LogP contribution in [0, 0.1) is 13.8 Å². The van der Waals surface area contributed by atoms with Gasteiger partial charge >= 0.3 is 0 Å². The first-order chi connectivity index (χ1) is 13.4. The average Bonchev–Trinajstić information content (AvgIpc) is 2.97. The molecule has 6 nitrogen and oxygen atoms in total. The summed E-state index contributed by atoms with van der Waals surface area (Å²) in [7, 11) is 0. The van der Waals surface area contributed by atoms with Crippen LogP contribution in [-0.2, 0) is 6.42 Å². The first-order valence-corrected chi connectivity index (χ1v) is 10.1. The summed E-state index contributed by atoms with van der Waals surface area (Å²) in [5.74, 6) is 1.13. The lowest BCUT2D eigenvalue weighted by Crippen LogP contribution is -2.22. The van der Waals surface area contributed by atoms with Crippen LogP contribution >= 0.6 is 0 Å². The van der Waals surface area contributed by atoms with Gasteiger partial charge in [-0.2, -0.15) is 5.10 Å². The van der Waals surface area contributed by atoms with E-state index in [1.165, 1.54) is 5.56 Å². The highest BCUT2D eigenvalue weighted by Crippen LogP contribution is 2.26. The van der Waals surface area contributed by atoms with Crippen LogP contribution in [0.3, 0.4) is 0 Å². The smallest absolute Gasteiger partial charge is 0.277 e. The standard InChI is InChI=1S/C22H30N4O2/c1-5-6-7-8-18(16(4)27)21-23-15(3)20-22(28)24-19(25-26(20)21)13-17-11-9-14(2)10-12-17/h9-12,16,18,27H,5-8,13H2,1-4H3,(H,24,25,28). The van der Waals surface area contributed by atoms with Gasteiger partial charge in [-0.05, 0) is 32.8 Å². The van der Waals surface area contributed by atoms with Crippen LogP contribution in [0.4, 0.5) is 0 Å². The molecule has 2 heterocycles. The topological polar surface area (TPSA) is 83.3 Å². The molecule has 0 radical (unpaired) electrons. The number of hydrogen-bond acceptors (Lipinski definition) is 4. The third kappa shape index (κ3) is 4.33. The summed E-state index contributed by atoms with van der Waals surface area (Å²) >= 11 is 0. The van der Waals surface area contributed by atoms with Crippen LogP contribution in [-0.4, -0.2) is 30.8 Å². The summed E-state index contributed by atoms with van der Waals surface area (Å²) in [6.45, 7) is 7.81. The summed E-state index contributed by atoms with van der Waals surface area (Å²) in [5, 5.41) is 15.1. The van der Waals surface area contributed by atoms with Gasteiger partial charge in [0.25, 0.3) is 5.56 Å². The number of aliphatic hydroxyl groups is 1. The normalized spacial score (nSPS) is 13.8. The van der Waals surface area contributed by atoms with E-state index in [1.807, 2.05) is 26.0 Å². The maximum Gasteiger partial charge on any atom is 0.277 e. The number of nitrogens with one attached hydrogen (secondary N) is 1. The number of aliphatic hydroxyl groups excluding tert-OH is 1. The number of H-pyrrole nitrogens is 1. The number of fused-ring (bicyclic) bond motifs is 1. The van der Waals surface area contributed by atoms with Gasteiger partial charge in [0.2, 0.25) is 0 Å². The quantitative estimate of drug-likeness (QED) is 0.582. The number of aromatic nitrogens is 4. The van der Waals surface area contributed by atoms with Crippen molar-refractivity contribution in [2.24, 2.45) is 0 Å². The van der Waals surface area contributed by atoms with E-state index in [-0.39, 0.29) is 11.5 Å². The van der Waals surface area contributed by atoms with Crippen molar-refractivity contribution in [1.29, 1.82) is 0 Å². The molecule has 0 spiro atoms. The lowest BCUT2D eigenvalue weighted by Gasteiger charge is -2.18. The maximum absolute atomic E-state index is 12.7. The molecule has 0 bridgehead atoms. The number of aromatic amines is 1. The SMILES string of the molecule is CCCCCC(c1nc(C)c2c(=O)[nH]c(Cc3ccc(C)cc3)nn12)C(C)O. The highest BCUT2D eigenvalue weighted by Gasteiger charge is 2.25. The van der Waals surface area contributed by atoms with Gasteiger partial charge in [0.05, 0.1) is 11.8 Å². The Bertz CT molecular complexity index is 986. The number of imidazole rings is 1. The van der Waals surface area contributed by atoms with Crippen molar-refractivity contribution in [3.05, 3.63) is 63.1 Å². The van der Waals surface area contributed by atoms with Crippen LogP contribution in [0.1, 0.15) is 73.9 Å². The number of aryl methyl sites for hydroxylation is 2. The molecule has 3 rings (SSSR count). The highest BCUT2D eigenvalue weighted by atomic mass is 16.3. The van der Waals surface area contributed by atoms with Gasteiger partial charge in [0.15, 0.2) is 5.52 Å². The van der Waals surface area contributed by atoms with E-state index in [0.29, 0.717) is 29.3 Å². The summed E-state index contributed by atoms with van der Waals surface area (Å²) in [6.07, 6.45) is 4.05. The molecule has 0 saturated heterocycles. The number of hydrogen-bond donors (Lipinski definition) is 2. The van der Waals surface area contributed by atoms with E-state index in [4.69, 9.17) is 5.10 Å². The second-order valence-electron chi connectivity index (χ2n) is 7.72. The number of rotatable bonds is 8. The summed E-state index contributed by atoms with van der Waals surface area (Å²) in [6, 6.07) is 8.19. The first-order valence-electron chi connectivity index (χ1n) is 10.1. The maximum atomic E-state index is 12.7. The van der Waals surface area contributed by atoms with Crippen LogP contribution in [0.25, 0.3) is 5.52 Å². The molecule has 1 aromatic carbocycles. The van der Waals surface area contributed by atoms with Gasteiger partial charge in [-0.1, -0.05) is 56.0 Å². The third-order valence-corrected chi connectivity index (χ3v) is 5.27. The number of benzene rings is 1. The van der Waals surface area contributed by atoms with E-state index in [1.54, 1.807) is 11.4 Å². The van der Waals surface area contributed by atoms with Gasteiger partial charge in [-0.3, -0.25) is 4.79 Å². The Morgan fingerprint density at radius 2 is 1.89 bits per heavy atom. The van der Waals surface area contributed by atoms with E-state index in [2.05, 4.69) is 29.0 Å². The Morgan fingerprint density at radius 3 is 2.54 bits per heavy atom. The zero-order chi connectivity index (χ0) is 20.3. The van der Waals surface area contributed by atoms with Crippen molar-refractivity contribution < 1.29 is 5.11 Å².